The molecule has 1 aromatic carbocycles. The number of nitrogens with zero attached hydrogens (tertiary/aromatic N) is 1. The van der Waals surface area contributed by atoms with E-state index in [2.05, 4.69) is 62.6 Å². The van der Waals surface area contributed by atoms with Crippen molar-refractivity contribution in [3.8, 4) is 0 Å². The van der Waals surface area contributed by atoms with Crippen LogP contribution in [0.4, 0.5) is 4.79 Å². The van der Waals surface area contributed by atoms with Gasteiger partial charge in [0.15, 0.2) is 0 Å². The Morgan fingerprint density at radius 1 is 1.00 bits per heavy atom. The first-order valence-electron chi connectivity index (χ1n) is 11.3. The molecule has 1 spiro atoms. The predicted molar refractivity (Wildman–Crippen MR) is 117 cm³/mol. The molecule has 6 nitrogen and oxygen atoms in total. The summed E-state index contributed by atoms with van der Waals surface area (Å²) in [6, 6.07) is 7.66. The smallest absolute Gasteiger partial charge is 0.325 e. The number of urea groups is 1. The van der Waals surface area contributed by atoms with Crippen LogP contribution in [0.5, 0.6) is 0 Å². The third-order valence-corrected chi connectivity index (χ3v) is 6.45. The summed E-state index contributed by atoms with van der Waals surface area (Å²) in [5.74, 6) is 0.0695. The molecule has 1 aromatic rings. The van der Waals surface area contributed by atoms with Gasteiger partial charge in [-0.2, -0.15) is 0 Å². The zero-order valence-corrected chi connectivity index (χ0v) is 18.7. The quantitative estimate of drug-likeness (QED) is 0.684. The second kappa shape index (κ2) is 9.19. The zero-order chi connectivity index (χ0) is 21.9. The Balaban J connectivity index is 1.68. The highest BCUT2D eigenvalue weighted by Gasteiger charge is 2.51. The molecular weight excluding hydrogens is 378 g/mol. The van der Waals surface area contributed by atoms with Gasteiger partial charge in [-0.15, -0.1) is 0 Å². The first-order valence-corrected chi connectivity index (χ1v) is 11.3. The van der Waals surface area contributed by atoms with Crippen LogP contribution < -0.4 is 10.6 Å². The van der Waals surface area contributed by atoms with Gasteiger partial charge in [0.1, 0.15) is 12.1 Å². The number of carbonyl (C=O) groups is 3. The van der Waals surface area contributed by atoms with E-state index in [1.54, 1.807) is 0 Å². The fourth-order valence-electron chi connectivity index (χ4n) is 4.58. The van der Waals surface area contributed by atoms with E-state index >= 15 is 0 Å². The van der Waals surface area contributed by atoms with Crippen LogP contribution in [0.25, 0.3) is 0 Å². The Bertz CT molecular complexity index is 777. The molecule has 2 aliphatic rings. The first kappa shape index (κ1) is 22.3. The fraction of sp³-hybridized carbons (Fsp3) is 0.625. The number of nitrogens with one attached hydrogen (secondary N) is 2. The Morgan fingerprint density at radius 2 is 1.57 bits per heavy atom. The molecule has 1 atom stereocenters. The maximum atomic E-state index is 13.0. The van der Waals surface area contributed by atoms with Gasteiger partial charge in [0, 0.05) is 0 Å². The van der Waals surface area contributed by atoms with Gasteiger partial charge >= 0.3 is 6.03 Å². The van der Waals surface area contributed by atoms with Gasteiger partial charge in [-0.25, -0.2) is 4.79 Å². The third-order valence-electron chi connectivity index (χ3n) is 6.45. The summed E-state index contributed by atoms with van der Waals surface area (Å²) in [7, 11) is 0. The molecule has 1 saturated heterocycles. The number of hydrogen-bond acceptors (Lipinski definition) is 3. The number of benzene rings is 1. The van der Waals surface area contributed by atoms with Crippen molar-refractivity contribution in [2.45, 2.75) is 83.7 Å². The van der Waals surface area contributed by atoms with Crippen molar-refractivity contribution in [1.82, 2.24) is 15.5 Å². The number of imide groups is 1. The van der Waals surface area contributed by atoms with E-state index in [4.69, 9.17) is 0 Å². The Labute approximate surface area is 179 Å². The molecule has 1 heterocycles. The first-order chi connectivity index (χ1) is 14.2. The SMILES string of the molecule is CC(C)c1ccc([C@H](NC(=O)CN2C(=O)NC3(CCCCCC3)C2=O)C(C)C)cc1. The van der Waals surface area contributed by atoms with Crippen molar-refractivity contribution in [2.75, 3.05) is 6.54 Å². The Morgan fingerprint density at radius 3 is 2.10 bits per heavy atom. The molecule has 3 rings (SSSR count). The van der Waals surface area contributed by atoms with E-state index in [1.807, 2.05) is 0 Å². The number of amides is 4. The Hall–Kier alpha value is -2.37. The molecule has 0 aromatic heterocycles. The third kappa shape index (κ3) is 4.68. The van der Waals surface area contributed by atoms with Crippen LogP contribution in [-0.4, -0.2) is 34.8 Å². The molecular formula is C24H35N3O3. The van der Waals surface area contributed by atoms with Crippen molar-refractivity contribution >= 4 is 17.8 Å². The molecule has 0 radical (unpaired) electrons. The largest absolute Gasteiger partial charge is 0.347 e. The molecule has 0 unspecified atom stereocenters. The maximum absolute atomic E-state index is 13.0. The highest BCUT2D eigenvalue weighted by molar-refractivity contribution is 6.09. The molecule has 1 saturated carbocycles. The minimum atomic E-state index is -0.808. The minimum Gasteiger partial charge on any atom is -0.347 e. The molecule has 0 bridgehead atoms. The van der Waals surface area contributed by atoms with E-state index in [0.29, 0.717) is 18.8 Å². The van der Waals surface area contributed by atoms with Crippen molar-refractivity contribution < 1.29 is 14.4 Å². The summed E-state index contributed by atoms with van der Waals surface area (Å²) in [5, 5.41) is 5.94. The molecule has 1 aliphatic heterocycles. The molecule has 6 heteroatoms. The summed E-state index contributed by atoms with van der Waals surface area (Å²) >= 11 is 0. The van der Waals surface area contributed by atoms with Crippen LogP contribution >= 0.6 is 0 Å². The summed E-state index contributed by atoms with van der Waals surface area (Å²) in [6.07, 6.45) is 5.33. The lowest BCUT2D eigenvalue weighted by molar-refractivity contribution is -0.135. The molecule has 1 aliphatic carbocycles. The zero-order valence-electron chi connectivity index (χ0n) is 18.7. The summed E-state index contributed by atoms with van der Waals surface area (Å²) in [5.41, 5.74) is 1.47. The summed E-state index contributed by atoms with van der Waals surface area (Å²) in [4.78, 5) is 39.5. The fourth-order valence-corrected chi connectivity index (χ4v) is 4.58. The van der Waals surface area contributed by atoms with Gasteiger partial charge in [0.2, 0.25) is 5.91 Å². The number of carbonyl (C=O) groups excluding carboxylic acids is 3. The number of hydrogen-bond donors (Lipinski definition) is 2. The topological polar surface area (TPSA) is 78.5 Å². The molecule has 164 valence electrons. The van der Waals surface area contributed by atoms with Gasteiger partial charge in [-0.05, 0) is 35.8 Å². The van der Waals surface area contributed by atoms with Gasteiger partial charge in [-0.3, -0.25) is 14.5 Å². The van der Waals surface area contributed by atoms with E-state index in [-0.39, 0.29) is 30.3 Å². The van der Waals surface area contributed by atoms with E-state index < -0.39 is 11.6 Å². The number of rotatable bonds is 6. The molecule has 2 fully saturated rings. The molecule has 2 N–H and O–H groups in total. The average Bonchev–Trinajstić information content (AvgIpc) is 2.86. The lowest BCUT2D eigenvalue weighted by Crippen LogP contribution is -2.47. The normalized spacial score (nSPS) is 19.9. The van der Waals surface area contributed by atoms with Crippen LogP contribution in [-0.2, 0) is 9.59 Å². The maximum Gasteiger partial charge on any atom is 0.325 e. The van der Waals surface area contributed by atoms with Crippen LogP contribution in [0.1, 0.15) is 89.3 Å². The Kier molecular flexibility index (Phi) is 6.84. The van der Waals surface area contributed by atoms with Crippen LogP contribution in [0.15, 0.2) is 24.3 Å². The van der Waals surface area contributed by atoms with Crippen LogP contribution in [0.3, 0.4) is 0 Å². The minimum absolute atomic E-state index is 0.175. The molecule has 30 heavy (non-hydrogen) atoms. The van der Waals surface area contributed by atoms with Crippen molar-refractivity contribution in [2.24, 2.45) is 5.92 Å². The second-order valence-electron chi connectivity index (χ2n) is 9.43. The standard InChI is InChI=1S/C24H35N3O3/c1-16(2)18-9-11-19(12-10-18)21(17(3)4)25-20(28)15-27-22(29)24(26-23(27)30)13-7-5-6-8-14-24/h9-12,16-17,21H,5-8,13-15H2,1-4H3,(H,25,28)(H,26,30)/t21-/m1/s1. The van der Waals surface area contributed by atoms with Gasteiger partial charge in [0.05, 0.1) is 6.04 Å². The van der Waals surface area contributed by atoms with Gasteiger partial charge in [0.25, 0.3) is 5.91 Å². The predicted octanol–water partition coefficient (Wildman–Crippen LogP) is 4.27. The van der Waals surface area contributed by atoms with E-state index in [9.17, 15) is 14.4 Å². The highest BCUT2D eigenvalue weighted by atomic mass is 16.2. The molecule has 4 amide bonds. The van der Waals surface area contributed by atoms with Crippen molar-refractivity contribution in [3.05, 3.63) is 35.4 Å². The second-order valence-corrected chi connectivity index (χ2v) is 9.43. The van der Waals surface area contributed by atoms with Gasteiger partial charge < -0.3 is 10.6 Å². The summed E-state index contributed by atoms with van der Waals surface area (Å²) in [6.45, 7) is 8.16. The van der Waals surface area contributed by atoms with Crippen LogP contribution in [0.2, 0.25) is 0 Å². The average molecular weight is 414 g/mol. The van der Waals surface area contributed by atoms with E-state index in [0.717, 1.165) is 36.1 Å². The monoisotopic (exact) mass is 413 g/mol. The van der Waals surface area contributed by atoms with Crippen molar-refractivity contribution in [3.63, 3.8) is 0 Å². The lowest BCUT2D eigenvalue weighted by Gasteiger charge is -2.26. The summed E-state index contributed by atoms with van der Waals surface area (Å²) < 4.78 is 0. The van der Waals surface area contributed by atoms with Crippen LogP contribution in [0, 0.1) is 5.92 Å². The lowest BCUT2D eigenvalue weighted by atomic mass is 9.90. The van der Waals surface area contributed by atoms with E-state index in [1.165, 1.54) is 5.56 Å². The van der Waals surface area contributed by atoms with Gasteiger partial charge in [-0.1, -0.05) is 77.6 Å². The highest BCUT2D eigenvalue weighted by Crippen LogP contribution is 2.32. The van der Waals surface area contributed by atoms with Crippen molar-refractivity contribution in [1.29, 1.82) is 0 Å².